The molecule has 2 heterocycles. The summed E-state index contributed by atoms with van der Waals surface area (Å²) in [6.45, 7) is 3.20. The van der Waals surface area contributed by atoms with Gasteiger partial charge in [0.1, 0.15) is 0 Å². The third kappa shape index (κ3) is 4.27. The summed E-state index contributed by atoms with van der Waals surface area (Å²) in [7, 11) is 0. The van der Waals surface area contributed by atoms with Crippen LogP contribution in [0.2, 0.25) is 0 Å². The van der Waals surface area contributed by atoms with Gasteiger partial charge in [0.05, 0.1) is 12.3 Å². The molecule has 0 unspecified atom stereocenters. The normalized spacial score (nSPS) is 18.0. The molecule has 144 valence electrons. The highest BCUT2D eigenvalue weighted by molar-refractivity contribution is 6.19. The quantitative estimate of drug-likeness (QED) is 0.811. The summed E-state index contributed by atoms with van der Waals surface area (Å²) in [5, 5.41) is 2.97. The van der Waals surface area contributed by atoms with E-state index < -0.39 is 0 Å². The maximum absolute atomic E-state index is 12.4. The van der Waals surface area contributed by atoms with Gasteiger partial charge in [-0.1, -0.05) is 0 Å². The number of carbonyl (C=O) groups excluding carboxylic acids is 4. The molecule has 4 amide bonds. The van der Waals surface area contributed by atoms with Crippen LogP contribution in [0, 0.1) is 0 Å². The molecule has 1 aromatic carbocycles. The van der Waals surface area contributed by atoms with Crippen molar-refractivity contribution in [3.63, 3.8) is 0 Å². The summed E-state index contributed by atoms with van der Waals surface area (Å²) in [5.41, 5.74) is 0.951. The fourth-order valence-electron chi connectivity index (χ4n) is 3.32. The van der Waals surface area contributed by atoms with Crippen LogP contribution < -0.4 is 10.2 Å². The highest BCUT2D eigenvalue weighted by Crippen LogP contribution is 2.23. The Morgan fingerprint density at radius 1 is 1.07 bits per heavy atom. The molecule has 0 bridgehead atoms. The SMILES string of the molecule is CCOC(=O)N1CCC(NC(=O)c2ccc(N3C(=O)CCC3=O)cc2)CC1. The predicted octanol–water partition coefficient (Wildman–Crippen LogP) is 1.69. The lowest BCUT2D eigenvalue weighted by Gasteiger charge is -2.31. The highest BCUT2D eigenvalue weighted by atomic mass is 16.6. The van der Waals surface area contributed by atoms with Gasteiger partial charge < -0.3 is 15.0 Å². The summed E-state index contributed by atoms with van der Waals surface area (Å²) >= 11 is 0. The van der Waals surface area contributed by atoms with E-state index in [1.165, 1.54) is 0 Å². The number of carbonyl (C=O) groups is 4. The number of amides is 4. The fourth-order valence-corrected chi connectivity index (χ4v) is 3.32. The molecule has 8 heteroatoms. The Morgan fingerprint density at radius 2 is 1.67 bits per heavy atom. The van der Waals surface area contributed by atoms with E-state index in [1.807, 2.05) is 0 Å². The molecule has 0 aromatic heterocycles. The van der Waals surface area contributed by atoms with Gasteiger partial charge in [-0.25, -0.2) is 4.79 Å². The zero-order chi connectivity index (χ0) is 19.4. The highest BCUT2D eigenvalue weighted by Gasteiger charge is 2.30. The standard InChI is InChI=1S/C19H23N3O5/c1-2-27-19(26)21-11-9-14(10-12-21)20-18(25)13-3-5-15(6-4-13)22-16(23)7-8-17(22)24/h3-6,14H,2,7-12H2,1H3,(H,20,25). The van der Waals surface area contributed by atoms with Crippen molar-refractivity contribution in [3.8, 4) is 0 Å². The Hall–Kier alpha value is -2.90. The van der Waals surface area contributed by atoms with E-state index in [9.17, 15) is 19.2 Å². The third-order valence-corrected chi connectivity index (χ3v) is 4.80. The van der Waals surface area contributed by atoms with Crippen molar-refractivity contribution in [2.75, 3.05) is 24.6 Å². The lowest BCUT2D eigenvalue weighted by atomic mass is 10.0. The third-order valence-electron chi connectivity index (χ3n) is 4.80. The van der Waals surface area contributed by atoms with Gasteiger partial charge in [0.15, 0.2) is 0 Å². The molecule has 8 nitrogen and oxygen atoms in total. The van der Waals surface area contributed by atoms with Crippen LogP contribution in [0.1, 0.15) is 43.0 Å². The Bertz CT molecular complexity index is 722. The number of likely N-dealkylation sites (tertiary alicyclic amines) is 1. The monoisotopic (exact) mass is 373 g/mol. The average molecular weight is 373 g/mol. The minimum atomic E-state index is -0.316. The second-order valence-electron chi connectivity index (χ2n) is 6.60. The summed E-state index contributed by atoms with van der Waals surface area (Å²) in [6.07, 6.45) is 1.47. The molecule has 27 heavy (non-hydrogen) atoms. The van der Waals surface area contributed by atoms with Crippen molar-refractivity contribution in [1.29, 1.82) is 0 Å². The lowest BCUT2D eigenvalue weighted by Crippen LogP contribution is -2.46. The molecule has 0 saturated carbocycles. The summed E-state index contributed by atoms with van der Waals surface area (Å²) in [6, 6.07) is 6.43. The van der Waals surface area contributed by atoms with Crippen LogP contribution in [0.15, 0.2) is 24.3 Å². The molecule has 2 saturated heterocycles. The molecule has 0 radical (unpaired) electrons. The summed E-state index contributed by atoms with van der Waals surface area (Å²) in [5.74, 6) is -0.647. The first-order valence-corrected chi connectivity index (χ1v) is 9.18. The van der Waals surface area contributed by atoms with Gasteiger partial charge in [-0.2, -0.15) is 0 Å². The number of nitrogens with zero attached hydrogens (tertiary/aromatic N) is 2. The Kier molecular flexibility index (Phi) is 5.73. The van der Waals surface area contributed by atoms with Crippen LogP contribution in [0.4, 0.5) is 10.5 Å². The number of hydrogen-bond acceptors (Lipinski definition) is 5. The van der Waals surface area contributed by atoms with Crippen LogP contribution in [-0.2, 0) is 14.3 Å². The van der Waals surface area contributed by atoms with Crippen molar-refractivity contribution in [2.24, 2.45) is 0 Å². The van der Waals surface area contributed by atoms with Gasteiger partial charge >= 0.3 is 6.09 Å². The second kappa shape index (κ2) is 8.20. The molecule has 1 N–H and O–H groups in total. The molecule has 2 aliphatic rings. The van der Waals surface area contributed by atoms with E-state index in [0.717, 1.165) is 4.90 Å². The zero-order valence-corrected chi connectivity index (χ0v) is 15.3. The number of benzene rings is 1. The van der Waals surface area contributed by atoms with E-state index in [0.29, 0.717) is 43.8 Å². The summed E-state index contributed by atoms with van der Waals surface area (Å²) < 4.78 is 4.98. The van der Waals surface area contributed by atoms with Crippen molar-refractivity contribution in [2.45, 2.75) is 38.6 Å². The fraction of sp³-hybridized carbons (Fsp3) is 0.474. The van der Waals surface area contributed by atoms with Crippen LogP contribution in [0.5, 0.6) is 0 Å². The molecule has 1 aromatic rings. The van der Waals surface area contributed by atoms with E-state index in [-0.39, 0.29) is 42.7 Å². The first-order valence-electron chi connectivity index (χ1n) is 9.18. The number of piperidine rings is 1. The number of anilines is 1. The maximum atomic E-state index is 12.4. The molecular formula is C19H23N3O5. The average Bonchev–Trinajstić information content (AvgIpc) is 3.01. The lowest BCUT2D eigenvalue weighted by molar-refractivity contribution is -0.121. The molecule has 2 aliphatic heterocycles. The van der Waals surface area contributed by atoms with Crippen molar-refractivity contribution >= 4 is 29.5 Å². The van der Waals surface area contributed by atoms with E-state index in [2.05, 4.69) is 5.32 Å². The number of hydrogen-bond donors (Lipinski definition) is 1. The van der Waals surface area contributed by atoms with Gasteiger partial charge in [-0.05, 0) is 44.0 Å². The van der Waals surface area contributed by atoms with Gasteiger partial charge in [0.2, 0.25) is 11.8 Å². The largest absolute Gasteiger partial charge is 0.450 e. The van der Waals surface area contributed by atoms with Gasteiger partial charge in [-0.3, -0.25) is 19.3 Å². The molecular weight excluding hydrogens is 350 g/mol. The number of nitrogens with one attached hydrogen (secondary N) is 1. The predicted molar refractivity (Wildman–Crippen MR) is 97.3 cm³/mol. The Labute approximate surface area is 157 Å². The number of rotatable bonds is 4. The zero-order valence-electron chi connectivity index (χ0n) is 15.3. The first-order chi connectivity index (χ1) is 13.0. The van der Waals surface area contributed by atoms with Crippen LogP contribution in [-0.4, -0.2) is 54.5 Å². The van der Waals surface area contributed by atoms with Crippen LogP contribution >= 0.6 is 0 Å². The van der Waals surface area contributed by atoms with E-state index >= 15 is 0 Å². The summed E-state index contributed by atoms with van der Waals surface area (Å²) in [4.78, 5) is 50.5. The van der Waals surface area contributed by atoms with Crippen LogP contribution in [0.25, 0.3) is 0 Å². The molecule has 2 fully saturated rings. The number of ether oxygens (including phenoxy) is 1. The molecule has 0 atom stereocenters. The van der Waals surface area contributed by atoms with Gasteiger partial charge in [0, 0.05) is 37.5 Å². The Balaban J connectivity index is 1.54. The minimum Gasteiger partial charge on any atom is -0.450 e. The maximum Gasteiger partial charge on any atom is 0.409 e. The second-order valence-corrected chi connectivity index (χ2v) is 6.60. The van der Waals surface area contributed by atoms with Gasteiger partial charge in [0.25, 0.3) is 5.91 Å². The van der Waals surface area contributed by atoms with E-state index in [1.54, 1.807) is 36.1 Å². The van der Waals surface area contributed by atoms with Crippen molar-refractivity contribution < 1.29 is 23.9 Å². The first kappa shape index (κ1) is 18.9. The smallest absolute Gasteiger partial charge is 0.409 e. The van der Waals surface area contributed by atoms with Gasteiger partial charge in [-0.15, -0.1) is 0 Å². The molecule has 0 aliphatic carbocycles. The van der Waals surface area contributed by atoms with Crippen LogP contribution in [0.3, 0.4) is 0 Å². The van der Waals surface area contributed by atoms with E-state index in [4.69, 9.17) is 4.74 Å². The number of imide groups is 1. The molecule has 0 spiro atoms. The minimum absolute atomic E-state index is 0.00964. The topological polar surface area (TPSA) is 96.0 Å². The van der Waals surface area contributed by atoms with Crippen molar-refractivity contribution in [3.05, 3.63) is 29.8 Å². The molecule has 3 rings (SSSR count). The van der Waals surface area contributed by atoms with Crippen molar-refractivity contribution in [1.82, 2.24) is 10.2 Å². The Morgan fingerprint density at radius 3 is 2.22 bits per heavy atom.